The first-order chi connectivity index (χ1) is 9.16. The molecule has 0 aliphatic rings. The quantitative estimate of drug-likeness (QED) is 0.205. The van der Waals surface area contributed by atoms with Gasteiger partial charge in [0.25, 0.3) is 11.9 Å². The Morgan fingerprint density at radius 3 is 1.07 bits per heavy atom. The first kappa shape index (κ1) is 51.6. The SMILES string of the molecule is O.O.O.O=P([O-])([O-])Oc1ccco1.O=P([O-])([O-])Oc1ccco1.[OH-].[OH-].[Pb+2].[Pb+2].[Pb+2]. The van der Waals surface area contributed by atoms with Crippen LogP contribution in [0.1, 0.15) is 0 Å². The maximum absolute atomic E-state index is 9.89. The van der Waals surface area contributed by atoms with Crippen LogP contribution in [0.4, 0.5) is 0 Å². The number of furan rings is 2. The first-order valence-electron chi connectivity index (χ1n) is 4.66. The molecule has 0 aliphatic carbocycles. The van der Waals surface area contributed by atoms with Gasteiger partial charge in [0.2, 0.25) is 0 Å². The van der Waals surface area contributed by atoms with Crippen molar-refractivity contribution in [2.24, 2.45) is 0 Å². The number of phosphoric acid groups is 2. The Labute approximate surface area is 218 Å². The van der Waals surface area contributed by atoms with E-state index in [1.165, 1.54) is 36.8 Å². The molecular formula is C8H14O15P2Pb3. The topological polar surface area (TPSA) is 326 Å². The second kappa shape index (κ2) is 24.3. The summed E-state index contributed by atoms with van der Waals surface area (Å²) in [5.74, 6) is -0.623. The fourth-order valence-corrected chi connectivity index (χ4v) is 1.50. The van der Waals surface area contributed by atoms with Crippen molar-refractivity contribution in [3.05, 3.63) is 36.8 Å². The third-order valence-corrected chi connectivity index (χ3v) is 2.20. The molecule has 28 heavy (non-hydrogen) atoms. The number of hydrogen-bond donors (Lipinski definition) is 0. The number of hydrogen-bond acceptors (Lipinski definition) is 12. The Hall–Kier alpha value is 1.03. The fraction of sp³-hybridized carbons (Fsp3) is 0. The van der Waals surface area contributed by atoms with Crippen LogP contribution in [0.5, 0.6) is 11.9 Å². The smallest absolute Gasteiger partial charge is 0.870 e. The summed E-state index contributed by atoms with van der Waals surface area (Å²) in [4.78, 5) is 39.6. The molecule has 8 N–H and O–H groups in total. The maximum atomic E-state index is 9.89. The van der Waals surface area contributed by atoms with Crippen LogP contribution >= 0.6 is 15.6 Å². The predicted octanol–water partition coefficient (Wildman–Crippen LogP) is -5.00. The molecule has 2 aromatic heterocycles. The molecule has 0 fully saturated rings. The summed E-state index contributed by atoms with van der Waals surface area (Å²) in [5, 5.41) is 0. The predicted molar refractivity (Wildman–Crippen MR) is 85.9 cm³/mol. The van der Waals surface area contributed by atoms with Crippen LogP contribution in [0.2, 0.25) is 0 Å². The minimum atomic E-state index is -4.95. The largest absolute Gasteiger partial charge is 2.00 e. The molecule has 15 nitrogen and oxygen atoms in total. The number of phosphoric ester groups is 2. The van der Waals surface area contributed by atoms with Crippen molar-refractivity contribution in [2.45, 2.75) is 0 Å². The van der Waals surface area contributed by atoms with E-state index in [0.29, 0.717) is 0 Å². The van der Waals surface area contributed by atoms with Gasteiger partial charge in [-0.1, -0.05) is 0 Å². The second-order valence-electron chi connectivity index (χ2n) is 2.94. The van der Waals surface area contributed by atoms with E-state index in [2.05, 4.69) is 17.9 Å². The molecule has 6 radical (unpaired) electrons. The molecule has 0 saturated carbocycles. The van der Waals surface area contributed by atoms with E-state index in [1.807, 2.05) is 0 Å². The monoisotopic (exact) mass is 1040 g/mol. The Morgan fingerprint density at radius 2 is 0.929 bits per heavy atom. The fourth-order valence-electron chi connectivity index (χ4n) is 0.851. The summed E-state index contributed by atoms with van der Waals surface area (Å²) in [6.07, 6.45) is 2.40. The molecule has 20 heteroatoms. The summed E-state index contributed by atoms with van der Waals surface area (Å²) in [5.41, 5.74) is 0. The summed E-state index contributed by atoms with van der Waals surface area (Å²) in [7, 11) is -9.90. The van der Waals surface area contributed by atoms with E-state index in [1.54, 1.807) is 0 Å². The first-order valence-corrected chi connectivity index (χ1v) is 7.58. The molecule has 0 atom stereocenters. The molecule has 0 saturated heterocycles. The molecule has 0 bridgehead atoms. The third kappa shape index (κ3) is 29.2. The molecule has 2 aromatic rings. The minimum Gasteiger partial charge on any atom is -0.870 e. The molecule has 0 aliphatic heterocycles. The van der Waals surface area contributed by atoms with E-state index in [9.17, 15) is 28.7 Å². The Bertz CT molecular complexity index is 541. The second-order valence-corrected chi connectivity index (χ2v) is 5.10. The van der Waals surface area contributed by atoms with Crippen molar-refractivity contribution in [3.8, 4) is 11.9 Å². The summed E-state index contributed by atoms with van der Waals surface area (Å²) >= 11 is 0. The zero-order valence-corrected chi connectivity index (χ0v) is 26.8. The van der Waals surface area contributed by atoms with Crippen molar-refractivity contribution >= 4 is 97.5 Å². The maximum Gasteiger partial charge on any atom is 2.00 e. The van der Waals surface area contributed by atoms with Gasteiger partial charge in [0.15, 0.2) is 0 Å². The van der Waals surface area contributed by atoms with Crippen LogP contribution in [0, 0.1) is 0 Å². The average Bonchev–Trinajstić information content (AvgIpc) is 2.87. The van der Waals surface area contributed by atoms with Crippen molar-refractivity contribution in [2.75, 3.05) is 0 Å². The van der Waals surface area contributed by atoms with E-state index in [0.717, 1.165) is 0 Å². The van der Waals surface area contributed by atoms with Crippen LogP contribution in [0.25, 0.3) is 0 Å². The van der Waals surface area contributed by atoms with Crippen molar-refractivity contribution < 1.29 is 74.0 Å². The molecule has 2 rings (SSSR count). The van der Waals surface area contributed by atoms with Crippen LogP contribution in [-0.4, -0.2) is 109 Å². The van der Waals surface area contributed by atoms with E-state index >= 15 is 0 Å². The Balaban J connectivity index is -0.0000000370. The van der Waals surface area contributed by atoms with Crippen molar-refractivity contribution in [1.82, 2.24) is 0 Å². The van der Waals surface area contributed by atoms with E-state index < -0.39 is 15.6 Å². The van der Waals surface area contributed by atoms with Gasteiger partial charge in [-0.25, -0.2) is 0 Å². The zero-order chi connectivity index (χ0) is 15.2. The van der Waals surface area contributed by atoms with E-state index in [-0.39, 0.29) is 121 Å². The van der Waals surface area contributed by atoms with E-state index in [4.69, 9.17) is 0 Å². The van der Waals surface area contributed by atoms with Crippen molar-refractivity contribution in [3.63, 3.8) is 0 Å². The van der Waals surface area contributed by atoms with Crippen LogP contribution in [-0.2, 0) is 9.13 Å². The molecule has 0 unspecified atom stereocenters. The normalized spacial score (nSPS) is 8.14. The van der Waals surface area contributed by atoms with Gasteiger partial charge in [0, 0.05) is 12.1 Å². The molecular weight excluding hydrogens is 1020 g/mol. The summed E-state index contributed by atoms with van der Waals surface area (Å²) < 4.78 is 36.2. The van der Waals surface area contributed by atoms with Crippen LogP contribution in [0.3, 0.4) is 0 Å². The van der Waals surface area contributed by atoms with Gasteiger partial charge in [-0.3, -0.25) is 0 Å². The molecule has 0 amide bonds. The van der Waals surface area contributed by atoms with Gasteiger partial charge in [-0.2, -0.15) is 0 Å². The van der Waals surface area contributed by atoms with Gasteiger partial charge in [0.1, 0.15) is 15.6 Å². The van der Waals surface area contributed by atoms with Gasteiger partial charge < -0.3 is 74.0 Å². The summed E-state index contributed by atoms with van der Waals surface area (Å²) in [6, 6.07) is 5.26. The minimum absolute atomic E-state index is 0. The molecule has 0 aromatic carbocycles. The standard InChI is InChI=1S/2C4H5O5P.5H2O.3Pb/c2*5-10(6,7)9-4-2-1-3-8-4;;;;;;;;/h2*1-3H,(H2,5,6,7);5*1H2;;;/q;;;;;;;3*+2/p-6. The molecule has 0 spiro atoms. The Morgan fingerprint density at radius 1 is 0.679 bits per heavy atom. The van der Waals surface area contributed by atoms with Gasteiger partial charge in [0.05, 0.1) is 12.5 Å². The molecule has 2 heterocycles. The number of rotatable bonds is 4. The average molecular weight is 1030 g/mol. The van der Waals surface area contributed by atoms with Crippen LogP contribution in [0.15, 0.2) is 45.6 Å². The Kier molecular flexibility index (Phi) is 44.8. The van der Waals surface area contributed by atoms with Crippen LogP contribution < -0.4 is 28.6 Å². The van der Waals surface area contributed by atoms with Gasteiger partial charge >= 0.3 is 81.9 Å². The van der Waals surface area contributed by atoms with Gasteiger partial charge in [-0.05, 0) is 12.1 Å². The van der Waals surface area contributed by atoms with Crippen molar-refractivity contribution in [1.29, 1.82) is 0 Å². The van der Waals surface area contributed by atoms with Gasteiger partial charge in [-0.15, -0.1) is 0 Å². The summed E-state index contributed by atoms with van der Waals surface area (Å²) in [6.45, 7) is 0. The zero-order valence-electron chi connectivity index (χ0n) is 13.3. The third-order valence-electron chi connectivity index (χ3n) is 1.39. The molecule has 158 valence electrons.